The standard InChI is InChI=1S/C22H30N4O2/c1-15-7-6-10-23-20(15)28-14-22(3,4)21(27)25-19-13-26(5)12-18(19)17-9-8-16(2)24-11-17/h6-11,18-19H,12-14H2,1-5H3,(H,25,27)/t18-,19+/m1/s1. The van der Waals surface area contributed by atoms with Gasteiger partial charge in [0.1, 0.15) is 6.61 Å². The Morgan fingerprint density at radius 2 is 2.04 bits per heavy atom. The fraction of sp³-hybridized carbons (Fsp3) is 0.500. The lowest BCUT2D eigenvalue weighted by Gasteiger charge is -2.28. The van der Waals surface area contributed by atoms with Gasteiger partial charge in [0.15, 0.2) is 0 Å². The number of carbonyl (C=O) groups excluding carboxylic acids is 1. The Morgan fingerprint density at radius 1 is 1.25 bits per heavy atom. The first kappa shape index (κ1) is 20.3. The highest BCUT2D eigenvalue weighted by Gasteiger charge is 2.37. The minimum absolute atomic E-state index is 0.00791. The second kappa shape index (κ2) is 8.27. The van der Waals surface area contributed by atoms with Crippen LogP contribution in [0.4, 0.5) is 0 Å². The number of pyridine rings is 2. The fourth-order valence-corrected chi connectivity index (χ4v) is 3.48. The topological polar surface area (TPSA) is 67.4 Å². The molecule has 0 radical (unpaired) electrons. The van der Waals surface area contributed by atoms with Crippen molar-refractivity contribution >= 4 is 5.91 Å². The van der Waals surface area contributed by atoms with Gasteiger partial charge in [-0.2, -0.15) is 0 Å². The summed E-state index contributed by atoms with van der Waals surface area (Å²) in [5, 5.41) is 3.25. The van der Waals surface area contributed by atoms with Gasteiger partial charge in [-0.15, -0.1) is 0 Å². The van der Waals surface area contributed by atoms with E-state index in [2.05, 4.69) is 33.3 Å². The molecule has 2 aromatic rings. The normalized spacial score (nSPS) is 20.2. The number of aromatic nitrogens is 2. The molecule has 0 spiro atoms. The van der Waals surface area contributed by atoms with Crippen molar-refractivity contribution in [2.24, 2.45) is 5.41 Å². The highest BCUT2D eigenvalue weighted by atomic mass is 16.5. The maximum absolute atomic E-state index is 13.0. The van der Waals surface area contributed by atoms with Crippen molar-refractivity contribution < 1.29 is 9.53 Å². The van der Waals surface area contributed by atoms with E-state index in [0.29, 0.717) is 5.88 Å². The van der Waals surface area contributed by atoms with Crippen LogP contribution in [-0.2, 0) is 4.79 Å². The number of amides is 1. The average Bonchev–Trinajstić information content (AvgIpc) is 3.02. The second-order valence-electron chi connectivity index (χ2n) is 8.44. The molecule has 6 heteroatoms. The molecule has 1 amide bonds. The van der Waals surface area contributed by atoms with E-state index in [9.17, 15) is 4.79 Å². The SMILES string of the molecule is Cc1ccc([C@H]2CN(C)C[C@@H]2NC(=O)C(C)(C)COc2ncccc2C)cn1. The third-order valence-electron chi connectivity index (χ3n) is 5.33. The molecule has 0 unspecified atom stereocenters. The molecular weight excluding hydrogens is 352 g/mol. The van der Waals surface area contributed by atoms with E-state index in [-0.39, 0.29) is 24.5 Å². The zero-order valence-electron chi connectivity index (χ0n) is 17.4. The summed E-state index contributed by atoms with van der Waals surface area (Å²) in [6, 6.07) is 8.02. The largest absolute Gasteiger partial charge is 0.476 e. The Bertz CT molecular complexity index is 820. The highest BCUT2D eigenvalue weighted by molar-refractivity contribution is 5.82. The molecule has 0 saturated carbocycles. The van der Waals surface area contributed by atoms with E-state index in [0.717, 1.165) is 24.3 Å². The number of nitrogens with one attached hydrogen (secondary N) is 1. The number of likely N-dealkylation sites (tertiary alicyclic amines) is 1. The number of aryl methyl sites for hydroxylation is 2. The van der Waals surface area contributed by atoms with Gasteiger partial charge < -0.3 is 15.0 Å². The van der Waals surface area contributed by atoms with E-state index in [1.165, 1.54) is 5.56 Å². The Labute approximate surface area is 167 Å². The molecule has 1 fully saturated rings. The number of carbonyl (C=O) groups is 1. The zero-order chi connectivity index (χ0) is 20.3. The van der Waals surface area contributed by atoms with Gasteiger partial charge in [-0.1, -0.05) is 12.1 Å². The van der Waals surface area contributed by atoms with Gasteiger partial charge in [0.05, 0.1) is 5.41 Å². The molecule has 150 valence electrons. The zero-order valence-corrected chi connectivity index (χ0v) is 17.4. The van der Waals surface area contributed by atoms with Crippen LogP contribution in [0.1, 0.15) is 36.6 Å². The van der Waals surface area contributed by atoms with Gasteiger partial charge in [-0.05, 0) is 52.4 Å². The second-order valence-corrected chi connectivity index (χ2v) is 8.44. The maximum Gasteiger partial charge on any atom is 0.229 e. The first-order valence-electron chi connectivity index (χ1n) is 9.73. The van der Waals surface area contributed by atoms with Crippen LogP contribution in [0.15, 0.2) is 36.7 Å². The van der Waals surface area contributed by atoms with E-state index >= 15 is 0 Å². The van der Waals surface area contributed by atoms with Crippen LogP contribution in [0, 0.1) is 19.3 Å². The van der Waals surface area contributed by atoms with Crippen molar-refractivity contribution in [1.82, 2.24) is 20.2 Å². The van der Waals surface area contributed by atoms with Crippen molar-refractivity contribution in [3.8, 4) is 5.88 Å². The molecule has 6 nitrogen and oxygen atoms in total. The summed E-state index contributed by atoms with van der Waals surface area (Å²) in [6.45, 7) is 9.74. The Balaban J connectivity index is 1.65. The van der Waals surface area contributed by atoms with Crippen LogP contribution in [0.5, 0.6) is 5.88 Å². The van der Waals surface area contributed by atoms with Crippen LogP contribution < -0.4 is 10.1 Å². The fourth-order valence-electron chi connectivity index (χ4n) is 3.48. The summed E-state index contributed by atoms with van der Waals surface area (Å²) >= 11 is 0. The average molecular weight is 383 g/mol. The summed E-state index contributed by atoms with van der Waals surface area (Å²) in [5.41, 5.74) is 2.46. The molecule has 0 aromatic carbocycles. The van der Waals surface area contributed by atoms with Gasteiger partial charge >= 0.3 is 0 Å². The number of likely N-dealkylation sites (N-methyl/N-ethyl adjacent to an activating group) is 1. The third-order valence-corrected chi connectivity index (χ3v) is 5.33. The van der Waals surface area contributed by atoms with Gasteiger partial charge in [-0.3, -0.25) is 9.78 Å². The first-order chi connectivity index (χ1) is 13.3. The summed E-state index contributed by atoms with van der Waals surface area (Å²) in [5.74, 6) is 0.802. The van der Waals surface area contributed by atoms with Gasteiger partial charge in [-0.25, -0.2) is 4.98 Å². The van der Waals surface area contributed by atoms with Gasteiger partial charge in [0, 0.05) is 48.7 Å². The molecule has 1 saturated heterocycles. The smallest absolute Gasteiger partial charge is 0.229 e. The van der Waals surface area contributed by atoms with Crippen molar-refractivity contribution in [1.29, 1.82) is 0 Å². The first-order valence-corrected chi connectivity index (χ1v) is 9.73. The number of nitrogens with zero attached hydrogens (tertiary/aromatic N) is 3. The van der Waals surface area contributed by atoms with E-state index in [4.69, 9.17) is 4.74 Å². The number of rotatable bonds is 6. The summed E-state index contributed by atoms with van der Waals surface area (Å²) < 4.78 is 5.84. The van der Waals surface area contributed by atoms with Crippen molar-refractivity contribution in [2.75, 3.05) is 26.7 Å². The van der Waals surface area contributed by atoms with Gasteiger partial charge in [0.2, 0.25) is 11.8 Å². The Hall–Kier alpha value is -2.47. The quantitative estimate of drug-likeness (QED) is 0.832. The lowest BCUT2D eigenvalue weighted by molar-refractivity contribution is -0.131. The molecule has 3 heterocycles. The van der Waals surface area contributed by atoms with Crippen LogP contribution >= 0.6 is 0 Å². The van der Waals surface area contributed by atoms with Crippen LogP contribution in [0.25, 0.3) is 0 Å². The Morgan fingerprint density at radius 3 is 2.71 bits per heavy atom. The van der Waals surface area contributed by atoms with Crippen molar-refractivity contribution in [3.05, 3.63) is 53.5 Å². The monoisotopic (exact) mass is 382 g/mol. The summed E-state index contributed by atoms with van der Waals surface area (Å²) in [4.78, 5) is 23.9. The van der Waals surface area contributed by atoms with Crippen molar-refractivity contribution in [2.45, 2.75) is 39.7 Å². The molecule has 28 heavy (non-hydrogen) atoms. The predicted molar refractivity (Wildman–Crippen MR) is 109 cm³/mol. The summed E-state index contributed by atoms with van der Waals surface area (Å²) in [7, 11) is 2.08. The molecular formula is C22H30N4O2. The molecule has 0 aliphatic carbocycles. The molecule has 1 N–H and O–H groups in total. The van der Waals surface area contributed by atoms with Crippen LogP contribution in [0.2, 0.25) is 0 Å². The predicted octanol–water partition coefficient (Wildman–Crippen LogP) is 2.71. The molecule has 1 aliphatic rings. The van der Waals surface area contributed by atoms with Crippen molar-refractivity contribution in [3.63, 3.8) is 0 Å². The number of hydrogen-bond acceptors (Lipinski definition) is 5. The maximum atomic E-state index is 13.0. The lowest BCUT2D eigenvalue weighted by atomic mass is 9.90. The van der Waals surface area contributed by atoms with E-state index < -0.39 is 5.41 Å². The summed E-state index contributed by atoms with van der Waals surface area (Å²) in [6.07, 6.45) is 3.63. The molecule has 2 atom stereocenters. The number of ether oxygens (including phenoxy) is 1. The third kappa shape index (κ3) is 4.68. The van der Waals surface area contributed by atoms with Crippen LogP contribution in [0.3, 0.4) is 0 Å². The van der Waals surface area contributed by atoms with E-state index in [1.807, 2.05) is 52.1 Å². The molecule has 3 rings (SSSR count). The Kier molecular flexibility index (Phi) is 5.98. The molecule has 0 bridgehead atoms. The minimum atomic E-state index is -0.665. The lowest BCUT2D eigenvalue weighted by Crippen LogP contribution is -2.48. The highest BCUT2D eigenvalue weighted by Crippen LogP contribution is 2.28. The van der Waals surface area contributed by atoms with Crippen LogP contribution in [-0.4, -0.2) is 53.6 Å². The molecule has 1 aliphatic heterocycles. The minimum Gasteiger partial charge on any atom is -0.476 e. The van der Waals surface area contributed by atoms with E-state index in [1.54, 1.807) is 6.20 Å². The number of hydrogen-bond donors (Lipinski definition) is 1. The molecule has 2 aromatic heterocycles. The van der Waals surface area contributed by atoms with Gasteiger partial charge in [0.25, 0.3) is 0 Å².